The van der Waals surface area contributed by atoms with Crippen LogP contribution in [0.15, 0.2) is 71.1 Å². The van der Waals surface area contributed by atoms with E-state index >= 15 is 0 Å². The van der Waals surface area contributed by atoms with Gasteiger partial charge in [-0.05, 0) is 12.1 Å². The second-order valence-corrected chi connectivity index (χ2v) is 5.98. The second kappa shape index (κ2) is 7.58. The van der Waals surface area contributed by atoms with E-state index in [9.17, 15) is 9.59 Å². The number of hydrogen-bond donors (Lipinski definition) is 4. The van der Waals surface area contributed by atoms with Crippen LogP contribution in [0.2, 0.25) is 0 Å². The predicted molar refractivity (Wildman–Crippen MR) is 108 cm³/mol. The van der Waals surface area contributed by atoms with E-state index in [0.717, 1.165) is 32.9 Å². The van der Waals surface area contributed by atoms with E-state index < -0.39 is 11.8 Å². The highest BCUT2D eigenvalue weighted by Crippen LogP contribution is 2.16. The maximum Gasteiger partial charge on any atom is 0.331 e. The summed E-state index contributed by atoms with van der Waals surface area (Å²) in [6, 6.07) is 15.4. The van der Waals surface area contributed by atoms with Gasteiger partial charge in [-0.3, -0.25) is 9.59 Å². The Morgan fingerprint density at radius 3 is 1.61 bits per heavy atom. The summed E-state index contributed by atoms with van der Waals surface area (Å²) in [5, 5.41) is 9.58. The molecule has 8 heteroatoms. The summed E-state index contributed by atoms with van der Waals surface area (Å²) in [4.78, 5) is 29.8. The molecule has 138 valence electrons. The summed E-state index contributed by atoms with van der Waals surface area (Å²) in [5.41, 5.74) is 7.88. The number of benzene rings is 2. The van der Waals surface area contributed by atoms with Crippen LogP contribution in [0.5, 0.6) is 0 Å². The lowest BCUT2D eigenvalue weighted by Crippen LogP contribution is -2.35. The van der Waals surface area contributed by atoms with E-state index in [0.29, 0.717) is 0 Å². The molecule has 4 aromatic rings. The summed E-state index contributed by atoms with van der Waals surface area (Å²) in [7, 11) is 0. The molecule has 0 aliphatic heterocycles. The highest BCUT2D eigenvalue weighted by molar-refractivity contribution is 6.35. The van der Waals surface area contributed by atoms with Crippen molar-refractivity contribution in [1.29, 1.82) is 0 Å². The minimum absolute atomic E-state index is 0.800. The molecule has 2 aromatic heterocycles. The third-order valence-corrected chi connectivity index (χ3v) is 4.19. The van der Waals surface area contributed by atoms with Crippen LogP contribution in [0.1, 0.15) is 11.1 Å². The molecule has 28 heavy (non-hydrogen) atoms. The number of nitrogens with one attached hydrogen (secondary N) is 4. The van der Waals surface area contributed by atoms with E-state index in [1.54, 1.807) is 12.4 Å². The summed E-state index contributed by atoms with van der Waals surface area (Å²) >= 11 is 0. The van der Waals surface area contributed by atoms with Gasteiger partial charge < -0.3 is 9.97 Å². The first kappa shape index (κ1) is 17.2. The van der Waals surface area contributed by atoms with Gasteiger partial charge in [-0.2, -0.15) is 10.2 Å². The van der Waals surface area contributed by atoms with Crippen molar-refractivity contribution in [2.75, 3.05) is 0 Å². The van der Waals surface area contributed by atoms with Crippen LogP contribution in [-0.2, 0) is 9.59 Å². The molecule has 4 rings (SSSR count). The molecule has 2 amide bonds. The Labute approximate surface area is 159 Å². The molecule has 2 heterocycles. The molecule has 2 aromatic carbocycles. The fourth-order valence-electron chi connectivity index (χ4n) is 2.82. The van der Waals surface area contributed by atoms with E-state index in [-0.39, 0.29) is 0 Å². The molecule has 0 radical (unpaired) electrons. The first-order chi connectivity index (χ1) is 13.7. The number of hydrazone groups is 2. The zero-order chi connectivity index (χ0) is 19.3. The van der Waals surface area contributed by atoms with Gasteiger partial charge in [-0.15, -0.1) is 0 Å². The molecule has 8 nitrogen and oxygen atoms in total. The van der Waals surface area contributed by atoms with Crippen molar-refractivity contribution in [3.8, 4) is 0 Å². The Kier molecular flexibility index (Phi) is 4.67. The zero-order valence-corrected chi connectivity index (χ0v) is 14.6. The number of aromatic nitrogens is 2. The standard InChI is InChI=1S/C20H16N6O2/c27-19(25-23-11-13-9-21-17-7-3-1-5-15(13)17)20(28)26-24-12-14-10-22-18-8-4-2-6-16(14)18/h1-12,21-22H,(H,25,27)(H,26,28)/b23-11+,24-12?. The third-order valence-electron chi connectivity index (χ3n) is 4.19. The predicted octanol–water partition coefficient (Wildman–Crippen LogP) is 2.25. The maximum atomic E-state index is 11.8. The minimum Gasteiger partial charge on any atom is -0.361 e. The average Bonchev–Trinajstić information content (AvgIpc) is 3.32. The average molecular weight is 372 g/mol. The lowest BCUT2D eigenvalue weighted by molar-refractivity contribution is -0.139. The molecule has 0 aliphatic rings. The van der Waals surface area contributed by atoms with E-state index in [4.69, 9.17) is 0 Å². The normalized spacial score (nSPS) is 11.6. The molecule has 0 saturated heterocycles. The quantitative estimate of drug-likeness (QED) is 0.250. The van der Waals surface area contributed by atoms with Gasteiger partial charge in [-0.1, -0.05) is 36.4 Å². The molecule has 0 unspecified atom stereocenters. The number of nitrogens with zero attached hydrogens (tertiary/aromatic N) is 2. The van der Waals surface area contributed by atoms with E-state index in [2.05, 4.69) is 31.0 Å². The number of fused-ring (bicyclic) bond motifs is 2. The fraction of sp³-hybridized carbons (Fsp3) is 0. The van der Waals surface area contributed by atoms with Crippen molar-refractivity contribution in [3.63, 3.8) is 0 Å². The van der Waals surface area contributed by atoms with Crippen molar-refractivity contribution in [2.24, 2.45) is 10.2 Å². The number of rotatable bonds is 4. The molecule has 0 aliphatic carbocycles. The molecular formula is C20H16N6O2. The summed E-state index contributed by atoms with van der Waals surface area (Å²) < 4.78 is 0. The molecule has 0 fully saturated rings. The third kappa shape index (κ3) is 3.51. The van der Waals surface area contributed by atoms with Crippen LogP contribution in [0.25, 0.3) is 21.8 Å². The van der Waals surface area contributed by atoms with Crippen LogP contribution in [0.4, 0.5) is 0 Å². The topological polar surface area (TPSA) is 114 Å². The van der Waals surface area contributed by atoms with Crippen molar-refractivity contribution >= 4 is 46.0 Å². The van der Waals surface area contributed by atoms with Crippen molar-refractivity contribution in [2.45, 2.75) is 0 Å². The monoisotopic (exact) mass is 372 g/mol. The van der Waals surface area contributed by atoms with Crippen molar-refractivity contribution in [3.05, 3.63) is 72.1 Å². The summed E-state index contributed by atoms with van der Waals surface area (Å²) in [6.07, 6.45) is 6.48. The summed E-state index contributed by atoms with van der Waals surface area (Å²) in [6.45, 7) is 0. The highest BCUT2D eigenvalue weighted by Gasteiger charge is 2.11. The van der Waals surface area contributed by atoms with Gasteiger partial charge in [0.2, 0.25) is 0 Å². The Bertz CT molecular complexity index is 1120. The number of carbonyl (C=O) groups is 2. The lowest BCUT2D eigenvalue weighted by atomic mass is 10.2. The fourth-order valence-corrected chi connectivity index (χ4v) is 2.82. The Morgan fingerprint density at radius 2 is 1.14 bits per heavy atom. The molecule has 0 atom stereocenters. The number of H-pyrrole nitrogens is 2. The molecule has 4 N–H and O–H groups in total. The van der Waals surface area contributed by atoms with Gasteiger partial charge >= 0.3 is 11.8 Å². The van der Waals surface area contributed by atoms with Gasteiger partial charge in [0.25, 0.3) is 0 Å². The van der Waals surface area contributed by atoms with E-state index in [1.807, 2.05) is 48.5 Å². The van der Waals surface area contributed by atoms with Crippen LogP contribution in [0.3, 0.4) is 0 Å². The second-order valence-electron chi connectivity index (χ2n) is 5.98. The minimum atomic E-state index is -0.910. The van der Waals surface area contributed by atoms with Crippen LogP contribution in [-0.4, -0.2) is 34.2 Å². The molecule has 0 bridgehead atoms. The summed E-state index contributed by atoms with van der Waals surface area (Å²) in [5.74, 6) is -1.82. The molecule has 0 saturated carbocycles. The van der Waals surface area contributed by atoms with Crippen molar-refractivity contribution in [1.82, 2.24) is 20.8 Å². The van der Waals surface area contributed by atoms with Gasteiger partial charge in [0, 0.05) is 45.3 Å². The van der Waals surface area contributed by atoms with Gasteiger partial charge in [0.05, 0.1) is 12.4 Å². The van der Waals surface area contributed by atoms with Crippen LogP contribution in [0, 0.1) is 0 Å². The Hall–Kier alpha value is -4.20. The van der Waals surface area contributed by atoms with Crippen molar-refractivity contribution < 1.29 is 9.59 Å². The van der Waals surface area contributed by atoms with Gasteiger partial charge in [-0.25, -0.2) is 10.9 Å². The highest BCUT2D eigenvalue weighted by atomic mass is 16.2. The first-order valence-electron chi connectivity index (χ1n) is 8.51. The van der Waals surface area contributed by atoms with Crippen LogP contribution >= 0.6 is 0 Å². The maximum absolute atomic E-state index is 11.8. The van der Waals surface area contributed by atoms with Gasteiger partial charge in [0.15, 0.2) is 0 Å². The Balaban J connectivity index is 1.34. The smallest absolute Gasteiger partial charge is 0.331 e. The van der Waals surface area contributed by atoms with Gasteiger partial charge in [0.1, 0.15) is 0 Å². The number of aromatic amines is 2. The van der Waals surface area contributed by atoms with E-state index in [1.165, 1.54) is 12.4 Å². The molecule has 0 spiro atoms. The zero-order valence-electron chi connectivity index (χ0n) is 14.6. The lowest BCUT2D eigenvalue weighted by Gasteiger charge is -1.98. The number of amides is 2. The largest absolute Gasteiger partial charge is 0.361 e. The Morgan fingerprint density at radius 1 is 0.714 bits per heavy atom. The molecular weight excluding hydrogens is 356 g/mol. The number of carbonyl (C=O) groups excluding carboxylic acids is 2. The van der Waals surface area contributed by atoms with Crippen LogP contribution < -0.4 is 10.9 Å². The number of para-hydroxylation sites is 2. The number of hydrogen-bond acceptors (Lipinski definition) is 4. The first-order valence-corrected chi connectivity index (χ1v) is 8.51. The SMILES string of the molecule is O=C(NN=Cc1c[nH]c2ccccc12)C(=O)N/N=C/c1c[nH]c2ccccc12.